The van der Waals surface area contributed by atoms with Gasteiger partial charge in [-0.15, -0.1) is 0 Å². The van der Waals surface area contributed by atoms with Gasteiger partial charge in [-0.25, -0.2) is 0 Å². The molecule has 0 aromatic heterocycles. The van der Waals surface area contributed by atoms with Crippen molar-refractivity contribution in [3.8, 4) is 5.75 Å². The highest BCUT2D eigenvalue weighted by molar-refractivity contribution is 7.81. The summed E-state index contributed by atoms with van der Waals surface area (Å²) in [7, 11) is 0. The Balaban J connectivity index is 1.83. The normalized spacial score (nSPS) is 12.2. The summed E-state index contributed by atoms with van der Waals surface area (Å²) in [5.74, 6) is 1.05. The van der Waals surface area contributed by atoms with Crippen molar-refractivity contribution in [3.05, 3.63) is 24.3 Å². The lowest BCUT2D eigenvalue weighted by Crippen LogP contribution is -2.15. The summed E-state index contributed by atoms with van der Waals surface area (Å²) in [5.41, 5.74) is 1.03. The summed E-state index contributed by atoms with van der Waals surface area (Å²) in [6.45, 7) is 10.0. The lowest BCUT2D eigenvalue weighted by molar-refractivity contribution is -0.126. The Morgan fingerprint density at radius 3 is 1.93 bits per heavy atom. The van der Waals surface area contributed by atoms with Gasteiger partial charge in [-0.05, 0) is 50.5 Å². The van der Waals surface area contributed by atoms with E-state index in [9.17, 15) is 4.79 Å². The molecule has 0 aliphatic heterocycles. The molecule has 0 amide bonds. The molecule has 172 valence electrons. The fraction of sp³-hybridized carbons (Fsp3) is 0.696. The number of anilines is 1. The van der Waals surface area contributed by atoms with Crippen LogP contribution in [0.1, 0.15) is 46.5 Å². The topological polar surface area (TPSA) is 66.0 Å². The highest BCUT2D eigenvalue weighted by Gasteiger charge is 2.06. The second-order valence-electron chi connectivity index (χ2n) is 7.51. The third-order valence-corrected chi connectivity index (χ3v) is 4.35. The second-order valence-corrected chi connectivity index (χ2v) is 8.28. The summed E-state index contributed by atoms with van der Waals surface area (Å²) in [6, 6.07) is 7.89. The molecule has 1 N–H and O–H groups in total. The third-order valence-electron chi connectivity index (χ3n) is 4.22. The maximum absolute atomic E-state index is 11.4. The SMILES string of the molecule is CC(S)Nc1ccc(OCCCOCCCCOCCCOCC(=O)C(C)C)cc1. The summed E-state index contributed by atoms with van der Waals surface area (Å²) in [6.07, 6.45) is 3.64. The number of Topliss-reactive ketones (excluding diaryl/α,β-unsaturated/α-hetero) is 1. The number of benzene rings is 1. The van der Waals surface area contributed by atoms with Crippen LogP contribution in [0.25, 0.3) is 0 Å². The van der Waals surface area contributed by atoms with Crippen LogP contribution in [0.4, 0.5) is 5.69 Å². The fourth-order valence-corrected chi connectivity index (χ4v) is 2.60. The number of thiol groups is 1. The quantitative estimate of drug-likeness (QED) is 0.186. The minimum Gasteiger partial charge on any atom is -0.494 e. The highest BCUT2D eigenvalue weighted by atomic mass is 32.1. The predicted octanol–water partition coefficient (Wildman–Crippen LogP) is 4.59. The van der Waals surface area contributed by atoms with Crippen LogP contribution in [0.15, 0.2) is 24.3 Å². The van der Waals surface area contributed by atoms with Gasteiger partial charge >= 0.3 is 0 Å². The molecule has 0 heterocycles. The predicted molar refractivity (Wildman–Crippen MR) is 125 cm³/mol. The van der Waals surface area contributed by atoms with Gasteiger partial charge in [-0.3, -0.25) is 4.79 Å². The molecule has 1 atom stereocenters. The summed E-state index contributed by atoms with van der Waals surface area (Å²) in [4.78, 5) is 11.4. The van der Waals surface area contributed by atoms with Gasteiger partial charge in [0.1, 0.15) is 12.4 Å². The molecular weight excluding hydrogens is 402 g/mol. The van der Waals surface area contributed by atoms with Crippen LogP contribution in [0, 0.1) is 5.92 Å². The van der Waals surface area contributed by atoms with Gasteiger partial charge in [0.15, 0.2) is 5.78 Å². The molecule has 7 heteroatoms. The number of hydrogen-bond acceptors (Lipinski definition) is 7. The molecule has 0 aliphatic carbocycles. The molecule has 0 spiro atoms. The Hall–Kier alpha value is -1.28. The molecule has 0 saturated heterocycles. The van der Waals surface area contributed by atoms with Crippen molar-refractivity contribution >= 4 is 24.1 Å². The van der Waals surface area contributed by atoms with Crippen LogP contribution >= 0.6 is 12.6 Å². The van der Waals surface area contributed by atoms with Crippen LogP contribution in [0.5, 0.6) is 5.75 Å². The first-order valence-corrected chi connectivity index (χ1v) is 11.4. The van der Waals surface area contributed by atoms with E-state index < -0.39 is 0 Å². The van der Waals surface area contributed by atoms with E-state index in [0.717, 1.165) is 50.3 Å². The van der Waals surface area contributed by atoms with Crippen LogP contribution in [-0.4, -0.2) is 57.4 Å². The van der Waals surface area contributed by atoms with Gasteiger partial charge in [0.2, 0.25) is 0 Å². The fourth-order valence-electron chi connectivity index (χ4n) is 2.45. The summed E-state index contributed by atoms with van der Waals surface area (Å²) in [5, 5.41) is 3.34. The first-order valence-electron chi connectivity index (χ1n) is 10.9. The Morgan fingerprint density at radius 1 is 0.833 bits per heavy atom. The van der Waals surface area contributed by atoms with Crippen LogP contribution in [0.3, 0.4) is 0 Å². The van der Waals surface area contributed by atoms with Crippen molar-refractivity contribution in [1.82, 2.24) is 0 Å². The molecule has 1 aromatic carbocycles. The van der Waals surface area contributed by atoms with Crippen molar-refractivity contribution in [2.24, 2.45) is 5.92 Å². The van der Waals surface area contributed by atoms with Gasteiger partial charge < -0.3 is 24.3 Å². The average Bonchev–Trinajstić information content (AvgIpc) is 2.71. The van der Waals surface area contributed by atoms with Gasteiger partial charge in [-0.1, -0.05) is 13.8 Å². The Bertz CT molecular complexity index is 551. The maximum atomic E-state index is 11.4. The molecule has 1 unspecified atom stereocenters. The van der Waals surface area contributed by atoms with E-state index in [0.29, 0.717) is 26.4 Å². The van der Waals surface area contributed by atoms with Crippen LogP contribution < -0.4 is 10.1 Å². The zero-order valence-electron chi connectivity index (χ0n) is 18.7. The van der Waals surface area contributed by atoms with E-state index in [-0.39, 0.29) is 23.7 Å². The molecule has 0 saturated carbocycles. The zero-order valence-corrected chi connectivity index (χ0v) is 19.6. The molecule has 0 fully saturated rings. The Morgan fingerprint density at radius 2 is 1.37 bits per heavy atom. The van der Waals surface area contributed by atoms with E-state index in [2.05, 4.69) is 17.9 Å². The summed E-state index contributed by atoms with van der Waals surface area (Å²) < 4.78 is 22.2. The molecule has 1 rings (SSSR count). The van der Waals surface area contributed by atoms with Gasteiger partial charge in [-0.2, -0.15) is 12.6 Å². The Labute approximate surface area is 187 Å². The van der Waals surface area contributed by atoms with E-state index >= 15 is 0 Å². The van der Waals surface area contributed by atoms with E-state index in [4.69, 9.17) is 18.9 Å². The molecular formula is C23H39NO5S. The van der Waals surface area contributed by atoms with Crippen molar-refractivity contribution in [2.75, 3.05) is 51.6 Å². The first-order chi connectivity index (χ1) is 14.5. The molecule has 0 aliphatic rings. The number of unbranched alkanes of at least 4 members (excludes halogenated alkanes) is 1. The van der Waals surface area contributed by atoms with Crippen molar-refractivity contribution in [2.45, 2.75) is 51.8 Å². The monoisotopic (exact) mass is 441 g/mol. The second kappa shape index (κ2) is 17.4. The summed E-state index contributed by atoms with van der Waals surface area (Å²) >= 11 is 4.30. The lowest BCUT2D eigenvalue weighted by atomic mass is 10.1. The minimum absolute atomic E-state index is 0.0401. The number of hydrogen-bond donors (Lipinski definition) is 2. The third kappa shape index (κ3) is 14.7. The minimum atomic E-state index is 0.0401. The smallest absolute Gasteiger partial charge is 0.160 e. The number of nitrogens with one attached hydrogen (secondary N) is 1. The molecule has 6 nitrogen and oxygen atoms in total. The van der Waals surface area contributed by atoms with E-state index in [1.165, 1.54) is 0 Å². The van der Waals surface area contributed by atoms with Gasteiger partial charge in [0.05, 0.1) is 12.0 Å². The largest absolute Gasteiger partial charge is 0.494 e. The Kier molecular flexibility index (Phi) is 15.5. The molecule has 1 aromatic rings. The van der Waals surface area contributed by atoms with E-state index in [1.54, 1.807) is 0 Å². The van der Waals surface area contributed by atoms with Crippen molar-refractivity contribution in [3.63, 3.8) is 0 Å². The van der Waals surface area contributed by atoms with Gasteiger partial charge in [0, 0.05) is 51.1 Å². The van der Waals surface area contributed by atoms with Gasteiger partial charge in [0.25, 0.3) is 0 Å². The van der Waals surface area contributed by atoms with Crippen molar-refractivity contribution in [1.29, 1.82) is 0 Å². The number of carbonyl (C=O) groups excluding carboxylic acids is 1. The van der Waals surface area contributed by atoms with Crippen LogP contribution in [0.2, 0.25) is 0 Å². The number of rotatable bonds is 19. The number of carbonyl (C=O) groups is 1. The highest BCUT2D eigenvalue weighted by Crippen LogP contribution is 2.17. The average molecular weight is 442 g/mol. The van der Waals surface area contributed by atoms with Crippen LogP contribution in [-0.2, 0) is 19.0 Å². The maximum Gasteiger partial charge on any atom is 0.160 e. The van der Waals surface area contributed by atoms with Crippen molar-refractivity contribution < 1.29 is 23.7 Å². The lowest BCUT2D eigenvalue weighted by Gasteiger charge is -2.11. The standard InChI is InChI=1S/C23H39NO5S/c1-19(2)23(25)18-28-16-6-14-26-12-4-5-13-27-15-7-17-29-22-10-8-21(9-11-22)24-20(3)30/h8-11,19-20,24,30H,4-7,12-18H2,1-3H3. The molecule has 0 bridgehead atoms. The first kappa shape index (κ1) is 26.8. The van der Waals surface area contributed by atoms with E-state index in [1.807, 2.05) is 45.0 Å². The molecule has 0 radical (unpaired) electrons. The number of ketones is 1. The molecule has 30 heavy (non-hydrogen) atoms. The zero-order chi connectivity index (χ0) is 22.0. The number of ether oxygens (including phenoxy) is 4.